The first-order valence-corrected chi connectivity index (χ1v) is 12.7. The molecular formula is C27H22N6O3S. The molecule has 0 spiro atoms. The topological polar surface area (TPSA) is 119 Å². The molecule has 9 nitrogen and oxygen atoms in total. The molecular weight excluding hydrogens is 488 g/mol. The average molecular weight is 511 g/mol. The number of nitrogens with one attached hydrogen (secondary N) is 2. The van der Waals surface area contributed by atoms with Crippen molar-refractivity contribution in [3.8, 4) is 5.75 Å². The Kier molecular flexibility index (Phi) is 6.73. The van der Waals surface area contributed by atoms with Crippen LogP contribution in [-0.2, 0) is 10.0 Å². The van der Waals surface area contributed by atoms with Crippen molar-refractivity contribution in [2.75, 3.05) is 17.1 Å². The number of benzene rings is 3. The molecule has 5 aromatic rings. The zero-order chi connectivity index (χ0) is 25.7. The number of aromatic nitrogens is 4. The third-order valence-electron chi connectivity index (χ3n) is 5.38. The summed E-state index contributed by atoms with van der Waals surface area (Å²) in [6.45, 7) is 0. The number of ether oxygens (including phenoxy) is 1. The number of nitrogens with zero attached hydrogens (tertiary/aromatic N) is 4. The van der Waals surface area contributed by atoms with Crippen molar-refractivity contribution in [3.05, 3.63) is 103 Å². The number of fused-ring (bicyclic) bond motifs is 1. The number of sulfonamides is 1. The van der Waals surface area contributed by atoms with Crippen molar-refractivity contribution in [2.24, 2.45) is 0 Å². The van der Waals surface area contributed by atoms with Crippen molar-refractivity contribution in [1.29, 1.82) is 0 Å². The highest BCUT2D eigenvalue weighted by Gasteiger charge is 2.15. The summed E-state index contributed by atoms with van der Waals surface area (Å²) < 4.78 is 32.9. The van der Waals surface area contributed by atoms with E-state index in [0.717, 1.165) is 22.2 Å². The lowest BCUT2D eigenvalue weighted by Gasteiger charge is -2.11. The highest BCUT2D eigenvalue weighted by molar-refractivity contribution is 7.92. The van der Waals surface area contributed by atoms with Crippen LogP contribution in [0.2, 0.25) is 0 Å². The van der Waals surface area contributed by atoms with Crippen LogP contribution in [-0.4, -0.2) is 35.5 Å². The number of hydrogen-bond acceptors (Lipinski definition) is 8. The number of rotatable bonds is 8. The van der Waals surface area contributed by atoms with E-state index < -0.39 is 10.0 Å². The van der Waals surface area contributed by atoms with Gasteiger partial charge in [0.15, 0.2) is 5.82 Å². The highest BCUT2D eigenvalue weighted by Crippen LogP contribution is 2.25. The van der Waals surface area contributed by atoms with Crippen molar-refractivity contribution >= 4 is 50.5 Å². The Morgan fingerprint density at radius 3 is 2.27 bits per heavy atom. The quantitative estimate of drug-likeness (QED) is 0.294. The summed E-state index contributed by atoms with van der Waals surface area (Å²) in [6, 6.07) is 23.3. The maximum absolute atomic E-state index is 12.7. The second kappa shape index (κ2) is 10.4. The molecule has 0 fully saturated rings. The van der Waals surface area contributed by atoms with Crippen LogP contribution in [0.25, 0.3) is 23.1 Å². The molecule has 2 heterocycles. The van der Waals surface area contributed by atoms with Crippen molar-refractivity contribution in [2.45, 2.75) is 4.90 Å². The Morgan fingerprint density at radius 1 is 0.811 bits per heavy atom. The van der Waals surface area contributed by atoms with E-state index in [1.807, 2.05) is 60.7 Å². The molecule has 0 aliphatic carbocycles. The third kappa shape index (κ3) is 5.71. The highest BCUT2D eigenvalue weighted by atomic mass is 32.2. The van der Waals surface area contributed by atoms with E-state index in [-0.39, 0.29) is 10.8 Å². The molecule has 184 valence electrons. The minimum absolute atomic E-state index is 0.00683. The molecule has 0 aliphatic rings. The summed E-state index contributed by atoms with van der Waals surface area (Å²) in [5.41, 5.74) is 2.43. The van der Waals surface area contributed by atoms with Crippen molar-refractivity contribution in [1.82, 2.24) is 19.9 Å². The van der Waals surface area contributed by atoms with Gasteiger partial charge in [-0.15, -0.1) is 0 Å². The molecule has 0 bridgehead atoms. The Balaban J connectivity index is 1.39. The van der Waals surface area contributed by atoms with Gasteiger partial charge >= 0.3 is 0 Å². The zero-order valence-electron chi connectivity index (χ0n) is 19.7. The Hall–Kier alpha value is -4.83. The Labute approximate surface area is 214 Å². The van der Waals surface area contributed by atoms with Crippen LogP contribution >= 0.6 is 0 Å². The summed E-state index contributed by atoms with van der Waals surface area (Å²) in [4.78, 5) is 17.2. The summed E-state index contributed by atoms with van der Waals surface area (Å²) >= 11 is 0. The van der Waals surface area contributed by atoms with Gasteiger partial charge < -0.3 is 10.1 Å². The number of methoxy groups -OCH3 is 1. The van der Waals surface area contributed by atoms with Gasteiger partial charge in [0, 0.05) is 23.5 Å². The van der Waals surface area contributed by atoms with E-state index in [0.29, 0.717) is 17.3 Å². The van der Waals surface area contributed by atoms with Gasteiger partial charge in [-0.1, -0.05) is 30.3 Å². The van der Waals surface area contributed by atoms with Gasteiger partial charge in [-0.25, -0.2) is 33.1 Å². The van der Waals surface area contributed by atoms with Gasteiger partial charge in [0.1, 0.15) is 11.6 Å². The molecule has 0 unspecified atom stereocenters. The van der Waals surface area contributed by atoms with Crippen LogP contribution in [0, 0.1) is 0 Å². The molecule has 0 aliphatic heterocycles. The molecule has 0 atom stereocenters. The van der Waals surface area contributed by atoms with E-state index in [2.05, 4.69) is 25.0 Å². The van der Waals surface area contributed by atoms with E-state index in [1.165, 1.54) is 24.5 Å². The zero-order valence-corrected chi connectivity index (χ0v) is 20.6. The molecule has 2 aromatic heterocycles. The first-order chi connectivity index (χ1) is 18.0. The maximum Gasteiger partial charge on any atom is 0.264 e. The smallest absolute Gasteiger partial charge is 0.264 e. The lowest BCUT2D eigenvalue weighted by Crippen LogP contribution is -2.14. The standard InChI is InChI=1S/C27H22N6O3S/c1-36-21-12-7-19(8-13-21)9-16-25-31-24-6-3-2-5-23(24)26(32-25)30-20-10-14-22(15-11-20)37(34,35)33-27-28-17-4-18-29-27/h2-18H,1H3,(H,28,29,33)(H,30,31,32)/b16-9+. The van der Waals surface area contributed by atoms with E-state index in [4.69, 9.17) is 9.72 Å². The summed E-state index contributed by atoms with van der Waals surface area (Å²) in [5.74, 6) is 1.93. The minimum Gasteiger partial charge on any atom is -0.497 e. The van der Waals surface area contributed by atoms with Crippen LogP contribution in [0.1, 0.15) is 11.4 Å². The maximum atomic E-state index is 12.7. The SMILES string of the molecule is COc1ccc(/C=C/c2nc(Nc3ccc(S(=O)(=O)Nc4ncccn4)cc3)c3ccccc3n2)cc1. The normalized spacial score (nSPS) is 11.5. The Bertz CT molecular complexity index is 1660. The minimum atomic E-state index is -3.83. The fourth-order valence-corrected chi connectivity index (χ4v) is 4.49. The molecule has 0 saturated heterocycles. The van der Waals surface area contributed by atoms with Crippen LogP contribution in [0.4, 0.5) is 17.5 Å². The van der Waals surface area contributed by atoms with Crippen LogP contribution < -0.4 is 14.8 Å². The molecule has 10 heteroatoms. The molecule has 37 heavy (non-hydrogen) atoms. The van der Waals surface area contributed by atoms with Gasteiger partial charge in [-0.05, 0) is 66.2 Å². The molecule has 0 saturated carbocycles. The number of para-hydroxylation sites is 1. The molecule has 2 N–H and O–H groups in total. The predicted molar refractivity (Wildman–Crippen MR) is 144 cm³/mol. The predicted octanol–water partition coefficient (Wildman–Crippen LogP) is 5.14. The summed E-state index contributed by atoms with van der Waals surface area (Å²) in [5, 5.41) is 4.12. The van der Waals surface area contributed by atoms with Crippen LogP contribution in [0.15, 0.2) is 96.2 Å². The second-order valence-electron chi connectivity index (χ2n) is 7.88. The van der Waals surface area contributed by atoms with Crippen LogP contribution in [0.3, 0.4) is 0 Å². The number of anilines is 3. The number of hydrogen-bond donors (Lipinski definition) is 2. The molecule has 0 amide bonds. The monoisotopic (exact) mass is 510 g/mol. The average Bonchev–Trinajstić information content (AvgIpc) is 2.93. The second-order valence-corrected chi connectivity index (χ2v) is 9.56. The first kappa shape index (κ1) is 23.9. The van der Waals surface area contributed by atoms with Gasteiger partial charge in [0.05, 0.1) is 17.5 Å². The fraction of sp³-hybridized carbons (Fsp3) is 0.0370. The third-order valence-corrected chi connectivity index (χ3v) is 6.72. The van der Waals surface area contributed by atoms with Gasteiger partial charge in [0.2, 0.25) is 5.95 Å². The van der Waals surface area contributed by atoms with E-state index in [1.54, 1.807) is 25.3 Å². The Morgan fingerprint density at radius 2 is 1.54 bits per heavy atom. The summed E-state index contributed by atoms with van der Waals surface area (Å²) in [7, 11) is -2.20. The first-order valence-electron chi connectivity index (χ1n) is 11.3. The largest absolute Gasteiger partial charge is 0.497 e. The van der Waals surface area contributed by atoms with Gasteiger partial charge in [-0.2, -0.15) is 0 Å². The molecule has 3 aromatic carbocycles. The van der Waals surface area contributed by atoms with E-state index in [9.17, 15) is 8.42 Å². The fourth-order valence-electron chi connectivity index (χ4n) is 3.54. The van der Waals surface area contributed by atoms with Gasteiger partial charge in [0.25, 0.3) is 10.0 Å². The summed E-state index contributed by atoms with van der Waals surface area (Å²) in [6.07, 6.45) is 6.69. The lowest BCUT2D eigenvalue weighted by molar-refractivity contribution is 0.415. The van der Waals surface area contributed by atoms with Crippen molar-refractivity contribution in [3.63, 3.8) is 0 Å². The van der Waals surface area contributed by atoms with Crippen LogP contribution in [0.5, 0.6) is 5.75 Å². The van der Waals surface area contributed by atoms with Gasteiger partial charge in [-0.3, -0.25) is 0 Å². The lowest BCUT2D eigenvalue weighted by atomic mass is 10.2. The van der Waals surface area contributed by atoms with Crippen molar-refractivity contribution < 1.29 is 13.2 Å². The molecule has 0 radical (unpaired) electrons. The molecule has 5 rings (SSSR count). The van der Waals surface area contributed by atoms with E-state index >= 15 is 0 Å².